The maximum absolute atomic E-state index is 12.8. The quantitative estimate of drug-likeness (QED) is 0.779. The van der Waals surface area contributed by atoms with Crippen molar-refractivity contribution < 1.29 is 13.2 Å². The third-order valence-corrected chi connectivity index (χ3v) is 6.39. The summed E-state index contributed by atoms with van der Waals surface area (Å²) in [6.07, 6.45) is 7.82. The van der Waals surface area contributed by atoms with E-state index in [2.05, 4.69) is 9.71 Å². The lowest BCUT2D eigenvalue weighted by molar-refractivity contribution is -0.116. The van der Waals surface area contributed by atoms with Gasteiger partial charge in [-0.2, -0.15) is 8.42 Å². The monoisotopic (exact) mass is 416 g/mol. The molecule has 0 spiro atoms. The van der Waals surface area contributed by atoms with Gasteiger partial charge in [0.1, 0.15) is 5.84 Å². The van der Waals surface area contributed by atoms with Crippen molar-refractivity contribution in [1.82, 2.24) is 9.47 Å². The Hall–Kier alpha value is -2.61. The van der Waals surface area contributed by atoms with E-state index >= 15 is 0 Å². The fraction of sp³-hybridized carbons (Fsp3) is 0.429. The standard InChI is InChI=1S/C21H28N4O3S/c1-17(25-13-6-7-14-25)15-21(26)22-18-9-8-10-19(16-18)29(27,28)23-20-11-4-3-5-12-24(20)2/h6-10,13-14,16-17H,3-5,11-12,15H2,1-2H3,(H,22,26). The third kappa shape index (κ3) is 5.69. The van der Waals surface area contributed by atoms with E-state index in [-0.39, 0.29) is 16.8 Å². The maximum atomic E-state index is 12.8. The van der Waals surface area contributed by atoms with Crippen molar-refractivity contribution in [3.8, 4) is 0 Å². The Morgan fingerprint density at radius 2 is 1.93 bits per heavy atom. The summed E-state index contributed by atoms with van der Waals surface area (Å²) in [5.74, 6) is 0.424. The lowest BCUT2D eigenvalue weighted by atomic mass is 10.2. The fourth-order valence-electron chi connectivity index (χ4n) is 3.40. The van der Waals surface area contributed by atoms with Gasteiger partial charge in [0.15, 0.2) is 0 Å². The highest BCUT2D eigenvalue weighted by atomic mass is 32.2. The predicted octanol–water partition coefficient (Wildman–Crippen LogP) is 3.67. The summed E-state index contributed by atoms with van der Waals surface area (Å²) in [7, 11) is -1.96. The molecule has 1 aromatic heterocycles. The normalized spacial score (nSPS) is 17.7. The number of carbonyl (C=O) groups is 1. The number of aromatic nitrogens is 1. The van der Waals surface area contributed by atoms with Crippen molar-refractivity contribution in [2.45, 2.75) is 50.0 Å². The first-order valence-corrected chi connectivity index (χ1v) is 11.4. The molecular formula is C21H28N4O3S. The summed E-state index contributed by atoms with van der Waals surface area (Å²) in [6.45, 7) is 2.77. The molecule has 1 atom stereocenters. The minimum absolute atomic E-state index is 0.00842. The molecule has 0 radical (unpaired) electrons. The molecule has 1 amide bonds. The number of nitrogens with zero attached hydrogens (tertiary/aromatic N) is 3. The zero-order valence-corrected chi connectivity index (χ0v) is 17.7. The molecule has 1 aliphatic heterocycles. The van der Waals surface area contributed by atoms with E-state index in [0.29, 0.717) is 24.4 Å². The van der Waals surface area contributed by atoms with Crippen LogP contribution in [0.4, 0.5) is 5.69 Å². The first-order valence-electron chi connectivity index (χ1n) is 9.92. The Labute approximate surface area is 172 Å². The van der Waals surface area contributed by atoms with E-state index in [1.54, 1.807) is 12.1 Å². The number of sulfonamides is 1. The highest BCUT2D eigenvalue weighted by molar-refractivity contribution is 7.90. The van der Waals surface area contributed by atoms with Crippen LogP contribution >= 0.6 is 0 Å². The Balaban J connectivity index is 1.72. The van der Waals surface area contributed by atoms with E-state index < -0.39 is 10.0 Å². The molecule has 2 aromatic rings. The van der Waals surface area contributed by atoms with Gasteiger partial charge in [0.25, 0.3) is 10.0 Å². The highest BCUT2D eigenvalue weighted by Crippen LogP contribution is 2.21. The molecule has 0 bridgehead atoms. The smallest absolute Gasteiger partial charge is 0.284 e. The van der Waals surface area contributed by atoms with Gasteiger partial charge in [-0.3, -0.25) is 4.79 Å². The molecule has 2 heterocycles. The molecule has 156 valence electrons. The molecule has 1 aliphatic rings. The summed E-state index contributed by atoms with van der Waals surface area (Å²) in [4.78, 5) is 14.4. The van der Waals surface area contributed by atoms with Gasteiger partial charge in [0, 0.05) is 50.6 Å². The molecule has 29 heavy (non-hydrogen) atoms. The van der Waals surface area contributed by atoms with Crippen LogP contribution in [0, 0.1) is 0 Å². The molecule has 1 saturated heterocycles. The van der Waals surface area contributed by atoms with E-state index in [4.69, 9.17) is 0 Å². The summed E-state index contributed by atoms with van der Waals surface area (Å²) >= 11 is 0. The molecule has 3 rings (SSSR count). The second kappa shape index (κ2) is 9.26. The fourth-order valence-corrected chi connectivity index (χ4v) is 4.54. The lowest BCUT2D eigenvalue weighted by Crippen LogP contribution is -2.26. The van der Waals surface area contributed by atoms with E-state index in [1.807, 2.05) is 48.0 Å². The number of amides is 1. The zero-order chi connectivity index (χ0) is 20.9. The molecule has 0 aliphatic carbocycles. The van der Waals surface area contributed by atoms with Gasteiger partial charge >= 0.3 is 0 Å². The van der Waals surface area contributed by atoms with Crippen molar-refractivity contribution >= 4 is 27.5 Å². The Bertz CT molecular complexity index is 968. The minimum atomic E-state index is -3.83. The summed E-state index contributed by atoms with van der Waals surface area (Å²) in [6, 6.07) is 10.1. The van der Waals surface area contributed by atoms with Crippen LogP contribution < -0.4 is 5.32 Å². The number of rotatable bonds is 6. The molecule has 0 saturated carbocycles. The number of carbonyl (C=O) groups excluding carboxylic acids is 1. The molecule has 1 fully saturated rings. The zero-order valence-electron chi connectivity index (χ0n) is 16.9. The van der Waals surface area contributed by atoms with E-state index in [0.717, 1.165) is 25.8 Å². The van der Waals surface area contributed by atoms with Crippen LogP contribution in [0.2, 0.25) is 0 Å². The van der Waals surface area contributed by atoms with E-state index in [9.17, 15) is 13.2 Å². The average Bonchev–Trinajstić information content (AvgIpc) is 3.14. The molecule has 1 aromatic carbocycles. The first kappa shape index (κ1) is 21.1. The number of benzene rings is 1. The van der Waals surface area contributed by atoms with Crippen molar-refractivity contribution in [3.63, 3.8) is 0 Å². The number of nitrogens with one attached hydrogen (secondary N) is 1. The maximum Gasteiger partial charge on any atom is 0.284 e. The topological polar surface area (TPSA) is 83.8 Å². The Kier molecular flexibility index (Phi) is 6.74. The number of likely N-dealkylation sites (tertiary alicyclic amines) is 1. The first-order chi connectivity index (χ1) is 13.8. The minimum Gasteiger partial charge on any atom is -0.362 e. The summed E-state index contributed by atoms with van der Waals surface area (Å²) in [5, 5.41) is 2.79. The second-order valence-electron chi connectivity index (χ2n) is 7.47. The van der Waals surface area contributed by atoms with Crippen molar-refractivity contribution in [2.24, 2.45) is 4.40 Å². The van der Waals surface area contributed by atoms with Crippen molar-refractivity contribution in [1.29, 1.82) is 0 Å². The van der Waals surface area contributed by atoms with Crippen LogP contribution in [0.1, 0.15) is 45.1 Å². The van der Waals surface area contributed by atoms with Crippen LogP contribution in [0.3, 0.4) is 0 Å². The summed E-state index contributed by atoms with van der Waals surface area (Å²) < 4.78 is 31.6. The van der Waals surface area contributed by atoms with Gasteiger partial charge in [-0.05, 0) is 50.1 Å². The Morgan fingerprint density at radius 3 is 2.69 bits per heavy atom. The largest absolute Gasteiger partial charge is 0.362 e. The van der Waals surface area contributed by atoms with Crippen LogP contribution in [0.5, 0.6) is 0 Å². The van der Waals surface area contributed by atoms with Crippen molar-refractivity contribution in [2.75, 3.05) is 18.9 Å². The van der Waals surface area contributed by atoms with Crippen molar-refractivity contribution in [3.05, 3.63) is 48.8 Å². The van der Waals surface area contributed by atoms with Gasteiger partial charge in [-0.25, -0.2) is 0 Å². The van der Waals surface area contributed by atoms with Gasteiger partial charge in [0.05, 0.1) is 4.90 Å². The number of amidine groups is 1. The summed E-state index contributed by atoms with van der Waals surface area (Å²) in [5.41, 5.74) is 0.449. The Morgan fingerprint density at radius 1 is 1.17 bits per heavy atom. The van der Waals surface area contributed by atoms with Crippen LogP contribution in [-0.2, 0) is 14.8 Å². The van der Waals surface area contributed by atoms with Crippen LogP contribution in [0.25, 0.3) is 0 Å². The highest BCUT2D eigenvalue weighted by Gasteiger charge is 2.19. The number of hydrogen-bond acceptors (Lipinski definition) is 3. The second-order valence-corrected chi connectivity index (χ2v) is 9.08. The van der Waals surface area contributed by atoms with Gasteiger partial charge in [-0.15, -0.1) is 4.40 Å². The van der Waals surface area contributed by atoms with Crippen LogP contribution in [-0.4, -0.2) is 43.2 Å². The molecule has 7 nitrogen and oxygen atoms in total. The predicted molar refractivity (Wildman–Crippen MR) is 115 cm³/mol. The average molecular weight is 417 g/mol. The van der Waals surface area contributed by atoms with Gasteiger partial charge < -0.3 is 14.8 Å². The third-order valence-electron chi connectivity index (χ3n) is 5.09. The SMILES string of the molecule is CC(CC(=O)Nc1cccc(S(=O)(=O)N=C2CCCCCN2C)c1)n1cccc1. The number of anilines is 1. The van der Waals surface area contributed by atoms with E-state index in [1.165, 1.54) is 12.1 Å². The molecular weight excluding hydrogens is 388 g/mol. The lowest BCUT2D eigenvalue weighted by Gasteiger charge is -2.18. The molecule has 8 heteroatoms. The molecule has 1 N–H and O–H groups in total. The van der Waals surface area contributed by atoms with Gasteiger partial charge in [-0.1, -0.05) is 12.5 Å². The molecule has 1 unspecified atom stereocenters. The van der Waals surface area contributed by atoms with Crippen LogP contribution in [0.15, 0.2) is 58.1 Å². The number of hydrogen-bond donors (Lipinski definition) is 1. The van der Waals surface area contributed by atoms with Gasteiger partial charge in [0.2, 0.25) is 5.91 Å².